The van der Waals surface area contributed by atoms with E-state index in [9.17, 15) is 0 Å². The van der Waals surface area contributed by atoms with Gasteiger partial charge in [0.1, 0.15) is 5.75 Å². The van der Waals surface area contributed by atoms with Gasteiger partial charge in [-0.2, -0.15) is 0 Å². The van der Waals surface area contributed by atoms with E-state index < -0.39 is 0 Å². The molecule has 0 amide bonds. The number of nitrogens with zero attached hydrogens (tertiary/aromatic N) is 6. The second-order valence-corrected chi connectivity index (χ2v) is 8.70. The predicted octanol–water partition coefficient (Wildman–Crippen LogP) is 4.26. The van der Waals surface area contributed by atoms with Gasteiger partial charge in [0.05, 0.1) is 18.9 Å². The van der Waals surface area contributed by atoms with E-state index in [1.54, 1.807) is 13.4 Å². The van der Waals surface area contributed by atoms with Gasteiger partial charge >= 0.3 is 0 Å². The third-order valence-electron chi connectivity index (χ3n) is 6.56. The van der Waals surface area contributed by atoms with Crippen LogP contribution in [-0.2, 0) is 6.54 Å². The van der Waals surface area contributed by atoms with E-state index in [0.29, 0.717) is 17.6 Å². The fourth-order valence-electron chi connectivity index (χ4n) is 4.72. The Morgan fingerprint density at radius 1 is 1.00 bits per heavy atom. The molecule has 1 aliphatic heterocycles. The second-order valence-electron chi connectivity index (χ2n) is 8.70. The van der Waals surface area contributed by atoms with E-state index in [0.717, 1.165) is 54.4 Å². The number of furan rings is 1. The van der Waals surface area contributed by atoms with Gasteiger partial charge in [0.2, 0.25) is 11.8 Å². The van der Waals surface area contributed by atoms with Crippen molar-refractivity contribution in [3.63, 3.8) is 0 Å². The van der Waals surface area contributed by atoms with Crippen molar-refractivity contribution in [3.05, 3.63) is 72.5 Å². The van der Waals surface area contributed by atoms with Gasteiger partial charge in [0.15, 0.2) is 11.4 Å². The molecule has 6 rings (SSSR count). The quantitative estimate of drug-likeness (QED) is 0.393. The van der Waals surface area contributed by atoms with E-state index in [1.165, 1.54) is 5.56 Å². The summed E-state index contributed by atoms with van der Waals surface area (Å²) in [4.78, 5) is 9.91. The van der Waals surface area contributed by atoms with Crippen LogP contribution < -0.4 is 9.64 Å². The van der Waals surface area contributed by atoms with Crippen LogP contribution in [-0.4, -0.2) is 57.3 Å². The average Bonchev–Trinajstić information content (AvgIpc) is 3.56. The van der Waals surface area contributed by atoms with Crippen molar-refractivity contribution in [1.82, 2.24) is 24.5 Å². The number of hydrogen-bond acceptors (Lipinski definition) is 7. The Morgan fingerprint density at radius 3 is 2.62 bits per heavy atom. The highest BCUT2D eigenvalue weighted by atomic mass is 16.5. The SMILES string of the molecule is COc1ccc(CN2CCN(c3nc4ccccc4c4nnc(-c5ccco5)n34)CC2C)cc1. The largest absolute Gasteiger partial charge is 0.497 e. The summed E-state index contributed by atoms with van der Waals surface area (Å²) >= 11 is 0. The highest BCUT2D eigenvalue weighted by Crippen LogP contribution is 2.30. The molecule has 0 N–H and O–H groups in total. The molecular weight excluding hydrogens is 428 g/mol. The number of fused-ring (bicyclic) bond motifs is 3. The number of para-hydroxylation sites is 1. The van der Waals surface area contributed by atoms with Crippen LogP contribution in [0, 0.1) is 0 Å². The average molecular weight is 455 g/mol. The monoisotopic (exact) mass is 454 g/mol. The number of rotatable bonds is 5. The van der Waals surface area contributed by atoms with Gasteiger partial charge in [-0.1, -0.05) is 24.3 Å². The van der Waals surface area contributed by atoms with Crippen LogP contribution >= 0.6 is 0 Å². The van der Waals surface area contributed by atoms with Gasteiger partial charge in [-0.25, -0.2) is 9.38 Å². The first-order chi connectivity index (χ1) is 16.7. The van der Waals surface area contributed by atoms with E-state index in [-0.39, 0.29) is 0 Å². The first kappa shape index (κ1) is 20.7. The zero-order chi connectivity index (χ0) is 23.1. The first-order valence-corrected chi connectivity index (χ1v) is 11.5. The molecule has 4 heterocycles. The van der Waals surface area contributed by atoms with Crippen molar-refractivity contribution in [2.45, 2.75) is 19.5 Å². The molecule has 1 unspecified atom stereocenters. The Morgan fingerprint density at radius 2 is 1.85 bits per heavy atom. The molecule has 2 aromatic carbocycles. The molecule has 0 spiro atoms. The Hall–Kier alpha value is -3.91. The number of ether oxygens (including phenoxy) is 1. The second kappa shape index (κ2) is 8.46. The molecule has 0 radical (unpaired) electrons. The minimum Gasteiger partial charge on any atom is -0.497 e. The maximum Gasteiger partial charge on any atom is 0.213 e. The van der Waals surface area contributed by atoms with Gasteiger partial charge in [-0.3, -0.25) is 4.90 Å². The Kier molecular flexibility index (Phi) is 5.15. The van der Waals surface area contributed by atoms with Crippen LogP contribution in [0.15, 0.2) is 71.3 Å². The van der Waals surface area contributed by atoms with Crippen molar-refractivity contribution in [2.75, 3.05) is 31.6 Å². The third kappa shape index (κ3) is 3.56. The predicted molar refractivity (Wildman–Crippen MR) is 131 cm³/mol. The van der Waals surface area contributed by atoms with Crippen molar-refractivity contribution < 1.29 is 9.15 Å². The zero-order valence-corrected chi connectivity index (χ0v) is 19.3. The molecule has 0 aliphatic carbocycles. The Bertz CT molecular complexity index is 1430. The summed E-state index contributed by atoms with van der Waals surface area (Å²) < 4.78 is 13.0. The first-order valence-electron chi connectivity index (χ1n) is 11.5. The standard InChI is InChI=1S/C26H26N6O2/c1-18-16-31(14-13-30(18)17-19-9-11-20(33-2)12-10-19)26-27-22-7-4-3-6-21(22)24-28-29-25(32(24)26)23-8-5-15-34-23/h3-12,15,18H,13-14,16-17H2,1-2H3. The summed E-state index contributed by atoms with van der Waals surface area (Å²) in [6.45, 7) is 5.82. The molecule has 0 bridgehead atoms. The summed E-state index contributed by atoms with van der Waals surface area (Å²) in [5.74, 6) is 3.08. The summed E-state index contributed by atoms with van der Waals surface area (Å²) in [5, 5.41) is 9.98. The maximum absolute atomic E-state index is 5.67. The highest BCUT2D eigenvalue weighted by molar-refractivity contribution is 5.93. The number of aromatic nitrogens is 4. The molecule has 0 saturated carbocycles. The van der Waals surface area contributed by atoms with Gasteiger partial charge < -0.3 is 14.1 Å². The van der Waals surface area contributed by atoms with E-state index in [1.807, 2.05) is 52.9 Å². The summed E-state index contributed by atoms with van der Waals surface area (Å²) in [6.07, 6.45) is 1.66. The molecule has 172 valence electrons. The van der Waals surface area contributed by atoms with Crippen LogP contribution in [0.3, 0.4) is 0 Å². The van der Waals surface area contributed by atoms with Crippen LogP contribution in [0.4, 0.5) is 5.95 Å². The lowest BCUT2D eigenvalue weighted by Gasteiger charge is -2.40. The Labute approximate surface area is 197 Å². The smallest absolute Gasteiger partial charge is 0.213 e. The zero-order valence-electron chi connectivity index (χ0n) is 19.3. The number of methoxy groups -OCH3 is 1. The van der Waals surface area contributed by atoms with E-state index >= 15 is 0 Å². The Balaban J connectivity index is 1.34. The minimum atomic E-state index is 0.350. The van der Waals surface area contributed by atoms with Crippen molar-refractivity contribution in [2.24, 2.45) is 0 Å². The van der Waals surface area contributed by atoms with Crippen LogP contribution in [0.1, 0.15) is 12.5 Å². The van der Waals surface area contributed by atoms with Gasteiger partial charge in [0, 0.05) is 37.6 Å². The van der Waals surface area contributed by atoms with E-state index in [2.05, 4.69) is 39.1 Å². The molecule has 3 aromatic heterocycles. The van der Waals surface area contributed by atoms with Crippen LogP contribution in [0.25, 0.3) is 28.1 Å². The molecule has 8 heteroatoms. The van der Waals surface area contributed by atoms with E-state index in [4.69, 9.17) is 14.1 Å². The van der Waals surface area contributed by atoms with Crippen LogP contribution in [0.5, 0.6) is 5.75 Å². The molecule has 8 nitrogen and oxygen atoms in total. The fourth-order valence-corrected chi connectivity index (χ4v) is 4.72. The lowest BCUT2D eigenvalue weighted by molar-refractivity contribution is 0.180. The number of hydrogen-bond donors (Lipinski definition) is 0. The lowest BCUT2D eigenvalue weighted by atomic mass is 10.1. The summed E-state index contributed by atoms with van der Waals surface area (Å²) in [6, 6.07) is 20.5. The fraction of sp³-hybridized carbons (Fsp3) is 0.269. The van der Waals surface area contributed by atoms with Crippen LogP contribution in [0.2, 0.25) is 0 Å². The minimum absolute atomic E-state index is 0.350. The molecule has 34 heavy (non-hydrogen) atoms. The molecule has 1 saturated heterocycles. The molecular formula is C26H26N6O2. The third-order valence-corrected chi connectivity index (χ3v) is 6.56. The molecule has 1 aliphatic rings. The van der Waals surface area contributed by atoms with Crippen molar-refractivity contribution in [3.8, 4) is 17.3 Å². The molecule has 1 atom stereocenters. The van der Waals surface area contributed by atoms with Gasteiger partial charge in [-0.05, 0) is 48.9 Å². The summed E-state index contributed by atoms with van der Waals surface area (Å²) in [5.41, 5.74) is 2.99. The van der Waals surface area contributed by atoms with Crippen molar-refractivity contribution >= 4 is 22.5 Å². The van der Waals surface area contributed by atoms with Gasteiger partial charge in [0.25, 0.3) is 0 Å². The summed E-state index contributed by atoms with van der Waals surface area (Å²) in [7, 11) is 1.70. The van der Waals surface area contributed by atoms with Gasteiger partial charge in [-0.15, -0.1) is 10.2 Å². The normalized spacial score (nSPS) is 17.0. The lowest BCUT2D eigenvalue weighted by Crippen LogP contribution is -2.52. The number of piperazine rings is 1. The maximum atomic E-state index is 5.67. The van der Waals surface area contributed by atoms with Crippen molar-refractivity contribution in [1.29, 1.82) is 0 Å². The topological polar surface area (TPSA) is 71.9 Å². The molecule has 5 aromatic rings. The number of benzene rings is 2. The molecule has 1 fully saturated rings. The highest BCUT2D eigenvalue weighted by Gasteiger charge is 2.28. The number of anilines is 1.